The van der Waals surface area contributed by atoms with Crippen molar-refractivity contribution in [3.8, 4) is 0 Å². The Balaban J connectivity index is 3.27. The molecule has 0 spiro atoms. The van der Waals surface area contributed by atoms with Crippen LogP contribution in [0.15, 0.2) is 21.4 Å². The second-order valence-corrected chi connectivity index (χ2v) is 12.5. The summed E-state index contributed by atoms with van der Waals surface area (Å²) in [6.45, 7) is 4.91. The smallest absolute Gasteiger partial charge is 0.404 e. The molecule has 0 saturated heterocycles. The molecule has 6 amide bonds. The zero-order valence-electron chi connectivity index (χ0n) is 29.7. The van der Waals surface area contributed by atoms with Crippen molar-refractivity contribution < 1.29 is 48.5 Å². The molecule has 1 rings (SSSR count). The maximum atomic E-state index is 13.7. The van der Waals surface area contributed by atoms with Crippen LogP contribution in [0.4, 0.5) is 4.79 Å². The Labute approximate surface area is 300 Å². The zero-order chi connectivity index (χ0) is 39.7. The molecule has 22 heteroatoms. The second kappa shape index (κ2) is 21.8. The first-order valence-corrected chi connectivity index (χ1v) is 16.4. The van der Waals surface area contributed by atoms with Gasteiger partial charge in [-0.25, -0.2) is 14.6 Å². The molecule has 0 saturated carbocycles. The number of carbonyl (C=O) groups excluding carboxylic acids is 6. The number of aliphatic imine (C=N–C) groups is 1. The van der Waals surface area contributed by atoms with Crippen molar-refractivity contribution in [2.75, 3.05) is 19.8 Å². The fourth-order valence-electron chi connectivity index (χ4n) is 4.73. The number of carbonyl (C=O) groups is 7. The molecule has 0 aromatic carbocycles. The Bertz CT molecular complexity index is 1400. The molecule has 22 nitrogen and oxygen atoms in total. The van der Waals surface area contributed by atoms with Crippen LogP contribution in [0.3, 0.4) is 0 Å². The Morgan fingerprint density at radius 1 is 1.02 bits per heavy atom. The molecule has 0 aromatic rings. The van der Waals surface area contributed by atoms with Gasteiger partial charge in [-0.3, -0.25) is 29.0 Å². The average Bonchev–Trinajstić information content (AvgIpc) is 3.05. The highest BCUT2D eigenvalue weighted by atomic mass is 16.5. The number of primary amides is 1. The van der Waals surface area contributed by atoms with E-state index < -0.39 is 96.8 Å². The molecule has 1 aliphatic rings. The van der Waals surface area contributed by atoms with E-state index in [-0.39, 0.29) is 56.1 Å². The van der Waals surface area contributed by atoms with Gasteiger partial charge in [0.1, 0.15) is 30.4 Å². The molecule has 0 aromatic heterocycles. The van der Waals surface area contributed by atoms with Crippen LogP contribution in [0.5, 0.6) is 0 Å². The number of ether oxygens (including phenoxy) is 1. The third kappa shape index (κ3) is 15.3. The largest absolute Gasteiger partial charge is 0.480 e. The molecule has 6 atom stereocenters. The summed E-state index contributed by atoms with van der Waals surface area (Å²) in [4.78, 5) is 93.3. The highest BCUT2D eigenvalue weighted by Gasteiger charge is 2.39. The van der Waals surface area contributed by atoms with Crippen molar-refractivity contribution >= 4 is 53.8 Å². The summed E-state index contributed by atoms with van der Waals surface area (Å²) < 4.78 is 4.71. The number of hydrazone groups is 1. The van der Waals surface area contributed by atoms with E-state index in [2.05, 4.69) is 26.0 Å². The summed E-state index contributed by atoms with van der Waals surface area (Å²) >= 11 is 0. The van der Waals surface area contributed by atoms with Gasteiger partial charge in [0.2, 0.25) is 17.7 Å². The lowest BCUT2D eigenvalue weighted by Crippen LogP contribution is -2.61. The van der Waals surface area contributed by atoms with Crippen LogP contribution >= 0.6 is 0 Å². The summed E-state index contributed by atoms with van der Waals surface area (Å²) in [5, 5.41) is 33.1. The standard InChI is InChI=1S/C30H52N12O10/c1-14(2)10-18(24(45)41-22(15(3)13-52-30(35)51)26(47)39-19(12-43)28(49)50)38-25(46)20-6-5-8-37-42(20)27(48)23(16(4)31)40-21(44)11-17(32)7-9-36-29(33)34/h8,14,16-20,23,43H,5-7,9-13,31-32H2,1-4H3,(H2,35,51)(H,38,46)(H,39,47)(H,40,44)(H,41,45)(H,49,50)(H4,33,34,36)/b22-15+. The number of carboxylic acid groups (broad SMARTS) is 1. The summed E-state index contributed by atoms with van der Waals surface area (Å²) in [5.74, 6) is -6.16. The predicted molar refractivity (Wildman–Crippen MR) is 186 cm³/mol. The monoisotopic (exact) mass is 740 g/mol. The van der Waals surface area contributed by atoms with Crippen molar-refractivity contribution in [1.82, 2.24) is 26.3 Å². The highest BCUT2D eigenvalue weighted by molar-refractivity contribution is 6.02. The topological polar surface area (TPSA) is 375 Å². The van der Waals surface area contributed by atoms with E-state index in [9.17, 15) is 43.8 Å². The molecule has 16 N–H and O–H groups in total. The van der Waals surface area contributed by atoms with Crippen molar-refractivity contribution in [2.24, 2.45) is 44.7 Å². The van der Waals surface area contributed by atoms with Gasteiger partial charge in [-0.15, -0.1) is 0 Å². The van der Waals surface area contributed by atoms with Crippen molar-refractivity contribution in [3.05, 3.63) is 11.3 Å². The van der Waals surface area contributed by atoms with Gasteiger partial charge in [0.15, 0.2) is 12.0 Å². The number of carboxylic acids is 1. The molecule has 0 aliphatic carbocycles. The minimum atomic E-state index is -1.75. The van der Waals surface area contributed by atoms with Gasteiger partial charge in [0, 0.05) is 31.3 Å². The maximum Gasteiger partial charge on any atom is 0.404 e. The van der Waals surface area contributed by atoms with E-state index in [1.54, 1.807) is 13.8 Å². The molecule has 292 valence electrons. The first-order valence-electron chi connectivity index (χ1n) is 16.4. The summed E-state index contributed by atoms with van der Waals surface area (Å²) in [6.07, 6.45) is 0.700. The van der Waals surface area contributed by atoms with Crippen LogP contribution in [0.2, 0.25) is 0 Å². The fourth-order valence-corrected chi connectivity index (χ4v) is 4.73. The summed E-state index contributed by atoms with van der Waals surface area (Å²) in [6, 6.07) is -7.20. The summed E-state index contributed by atoms with van der Waals surface area (Å²) in [5.41, 5.74) is 27.1. The molecule has 0 fully saturated rings. The van der Waals surface area contributed by atoms with Crippen molar-refractivity contribution in [1.29, 1.82) is 0 Å². The van der Waals surface area contributed by atoms with Crippen LogP contribution < -0.4 is 49.9 Å². The van der Waals surface area contributed by atoms with Crippen LogP contribution in [-0.4, -0.2) is 125 Å². The second-order valence-electron chi connectivity index (χ2n) is 12.5. The van der Waals surface area contributed by atoms with Crippen LogP contribution in [0.1, 0.15) is 59.8 Å². The van der Waals surface area contributed by atoms with Gasteiger partial charge < -0.3 is 64.9 Å². The highest BCUT2D eigenvalue weighted by Crippen LogP contribution is 2.17. The van der Waals surface area contributed by atoms with Gasteiger partial charge in [-0.05, 0) is 51.0 Å². The molecular weight excluding hydrogens is 688 g/mol. The SMILES string of the molecule is C/C(COC(N)=O)=C(\NC(=O)C(CC(C)C)NC(=O)C1CCC=NN1C(=O)C(NC(=O)CC(N)CCN=C(N)N)C(C)N)C(=O)NC(CO)C(=O)O. The lowest BCUT2D eigenvalue weighted by atomic mass is 10.0. The molecule has 1 heterocycles. The number of nitrogens with one attached hydrogen (secondary N) is 4. The van der Waals surface area contributed by atoms with Gasteiger partial charge in [0.05, 0.1) is 6.61 Å². The Hall–Kier alpha value is -5.35. The number of aliphatic hydroxyl groups is 1. The quantitative estimate of drug-likeness (QED) is 0.0320. The van der Waals surface area contributed by atoms with Gasteiger partial charge in [0.25, 0.3) is 11.8 Å². The van der Waals surface area contributed by atoms with E-state index in [0.29, 0.717) is 0 Å². The minimum Gasteiger partial charge on any atom is -0.480 e. The molecule has 1 aliphatic heterocycles. The summed E-state index contributed by atoms with van der Waals surface area (Å²) in [7, 11) is 0. The Morgan fingerprint density at radius 3 is 2.21 bits per heavy atom. The lowest BCUT2D eigenvalue weighted by Gasteiger charge is -2.34. The van der Waals surface area contributed by atoms with E-state index >= 15 is 0 Å². The molecule has 0 radical (unpaired) electrons. The predicted octanol–water partition coefficient (Wildman–Crippen LogP) is -4.25. The van der Waals surface area contributed by atoms with E-state index in [1.165, 1.54) is 20.1 Å². The number of rotatable bonds is 20. The van der Waals surface area contributed by atoms with Gasteiger partial charge in [-0.1, -0.05) is 13.8 Å². The number of aliphatic hydroxyl groups excluding tert-OH is 1. The third-order valence-corrected chi connectivity index (χ3v) is 7.41. The molecule has 52 heavy (non-hydrogen) atoms. The van der Waals surface area contributed by atoms with Crippen molar-refractivity contribution in [3.63, 3.8) is 0 Å². The van der Waals surface area contributed by atoms with E-state index in [4.69, 9.17) is 33.4 Å². The number of hydrogen-bond donors (Lipinski definition) is 11. The minimum absolute atomic E-state index is 0.0313. The fraction of sp³-hybridized carbons (Fsp3) is 0.633. The average molecular weight is 741 g/mol. The zero-order valence-corrected chi connectivity index (χ0v) is 29.7. The number of nitrogens with zero attached hydrogens (tertiary/aromatic N) is 3. The number of aliphatic carboxylic acids is 1. The third-order valence-electron chi connectivity index (χ3n) is 7.41. The van der Waals surface area contributed by atoms with Crippen LogP contribution in [-0.2, 0) is 33.5 Å². The molecule has 0 bridgehead atoms. The molecular formula is C30H52N12O10. The van der Waals surface area contributed by atoms with Crippen LogP contribution in [0.25, 0.3) is 0 Å². The Kier molecular flexibility index (Phi) is 18.7. The maximum absolute atomic E-state index is 13.7. The molecule has 6 unspecified atom stereocenters. The van der Waals surface area contributed by atoms with E-state index in [1.807, 2.05) is 5.32 Å². The first kappa shape index (κ1) is 44.7. The lowest BCUT2D eigenvalue weighted by molar-refractivity contribution is -0.145. The first-order chi connectivity index (χ1) is 24.3. The number of nitrogens with two attached hydrogens (primary N) is 5. The van der Waals surface area contributed by atoms with Gasteiger partial charge >= 0.3 is 12.1 Å². The van der Waals surface area contributed by atoms with Gasteiger partial charge in [-0.2, -0.15) is 5.10 Å². The van der Waals surface area contributed by atoms with Crippen LogP contribution in [0, 0.1) is 5.92 Å². The number of amides is 6. The van der Waals surface area contributed by atoms with E-state index in [0.717, 1.165) is 5.01 Å². The Morgan fingerprint density at radius 2 is 1.67 bits per heavy atom. The number of guanidine groups is 1. The van der Waals surface area contributed by atoms with Crippen molar-refractivity contribution in [2.45, 2.75) is 96.1 Å². The number of hydrogen-bond acceptors (Lipinski definition) is 13. The normalized spacial score (nSPS) is 17.3.